The average molecular weight is 453 g/mol. The highest BCUT2D eigenvalue weighted by Crippen LogP contribution is 2.20. The maximum absolute atomic E-state index is 12.5. The highest BCUT2D eigenvalue weighted by molar-refractivity contribution is 6.30. The lowest BCUT2D eigenvalue weighted by atomic mass is 10.1. The van der Waals surface area contributed by atoms with E-state index in [0.717, 1.165) is 37.1 Å². The summed E-state index contributed by atoms with van der Waals surface area (Å²) in [7, 11) is 1.76. The zero-order chi connectivity index (χ0) is 22.5. The van der Waals surface area contributed by atoms with Crippen molar-refractivity contribution in [2.45, 2.75) is 25.7 Å². The van der Waals surface area contributed by atoms with Crippen molar-refractivity contribution < 1.29 is 14.1 Å². The first-order valence-electron chi connectivity index (χ1n) is 10.7. The van der Waals surface area contributed by atoms with Crippen molar-refractivity contribution in [3.63, 3.8) is 0 Å². The zero-order valence-electron chi connectivity index (χ0n) is 18.0. The van der Waals surface area contributed by atoms with Crippen LogP contribution in [0.15, 0.2) is 53.1 Å². The van der Waals surface area contributed by atoms with Gasteiger partial charge in [-0.25, -0.2) is 0 Å². The molecule has 2 heterocycles. The Balaban J connectivity index is 1.31. The molecule has 0 unspecified atom stereocenters. The number of hydrogen-bond acceptors (Lipinski definition) is 5. The van der Waals surface area contributed by atoms with E-state index in [9.17, 15) is 9.59 Å². The van der Waals surface area contributed by atoms with Gasteiger partial charge in [-0.2, -0.15) is 4.98 Å². The molecule has 1 fully saturated rings. The molecule has 4 rings (SSSR count). The van der Waals surface area contributed by atoms with Gasteiger partial charge in [-0.1, -0.05) is 28.9 Å². The number of benzene rings is 2. The molecule has 1 aliphatic rings. The molecule has 0 aliphatic carbocycles. The summed E-state index contributed by atoms with van der Waals surface area (Å²) >= 11 is 5.89. The Morgan fingerprint density at radius 3 is 2.44 bits per heavy atom. The molecule has 0 saturated carbocycles. The number of halogens is 1. The van der Waals surface area contributed by atoms with Crippen molar-refractivity contribution in [1.29, 1.82) is 0 Å². The minimum atomic E-state index is 0.00861. The number of aromatic nitrogens is 2. The van der Waals surface area contributed by atoms with Crippen molar-refractivity contribution in [3.05, 3.63) is 70.5 Å². The van der Waals surface area contributed by atoms with E-state index in [-0.39, 0.29) is 11.8 Å². The Kier molecular flexibility index (Phi) is 6.85. The summed E-state index contributed by atoms with van der Waals surface area (Å²) in [5, 5.41) is 4.67. The summed E-state index contributed by atoms with van der Waals surface area (Å²) in [6.07, 6.45) is 2.93. The standard InChI is InChI=1S/C24H25ClN4O3/c1-28(22(30)16-17-4-10-20(25)11-5-17)15-12-21-26-23(32-27-21)18-6-8-19(9-7-18)24(31)29-13-2-3-14-29/h4-11H,2-3,12-16H2,1H3. The maximum Gasteiger partial charge on any atom is 0.257 e. The van der Waals surface area contributed by atoms with Gasteiger partial charge in [0.05, 0.1) is 6.42 Å². The normalized spacial score (nSPS) is 13.4. The van der Waals surface area contributed by atoms with Crippen LogP contribution in [0.5, 0.6) is 0 Å². The molecule has 0 radical (unpaired) electrons. The topological polar surface area (TPSA) is 79.5 Å². The van der Waals surface area contributed by atoms with Crippen molar-refractivity contribution in [2.24, 2.45) is 0 Å². The summed E-state index contributed by atoms with van der Waals surface area (Å²) in [6.45, 7) is 2.13. The van der Waals surface area contributed by atoms with Crippen molar-refractivity contribution in [2.75, 3.05) is 26.7 Å². The molecule has 2 amide bonds. The lowest BCUT2D eigenvalue weighted by molar-refractivity contribution is -0.129. The molecular formula is C24H25ClN4O3. The quantitative estimate of drug-likeness (QED) is 0.543. The summed E-state index contributed by atoms with van der Waals surface area (Å²) in [5.74, 6) is 1.000. The van der Waals surface area contributed by atoms with Crippen LogP contribution >= 0.6 is 11.6 Å². The molecule has 2 aromatic carbocycles. The van der Waals surface area contributed by atoms with Gasteiger partial charge in [-0.3, -0.25) is 9.59 Å². The second-order valence-corrected chi connectivity index (χ2v) is 8.40. The highest BCUT2D eigenvalue weighted by atomic mass is 35.5. The number of carbonyl (C=O) groups is 2. The lowest BCUT2D eigenvalue weighted by Crippen LogP contribution is -2.30. The molecule has 32 heavy (non-hydrogen) atoms. The predicted octanol–water partition coefficient (Wildman–Crippen LogP) is 3.87. The van der Waals surface area contributed by atoms with E-state index in [2.05, 4.69) is 10.1 Å². The minimum absolute atomic E-state index is 0.00861. The average Bonchev–Trinajstić information content (AvgIpc) is 3.51. The molecule has 7 nitrogen and oxygen atoms in total. The molecule has 0 N–H and O–H groups in total. The van der Waals surface area contributed by atoms with Crippen molar-refractivity contribution in [1.82, 2.24) is 19.9 Å². The lowest BCUT2D eigenvalue weighted by Gasteiger charge is -2.16. The Morgan fingerprint density at radius 2 is 1.75 bits per heavy atom. The fraction of sp³-hybridized carbons (Fsp3) is 0.333. The first-order chi connectivity index (χ1) is 15.5. The largest absolute Gasteiger partial charge is 0.345 e. The highest BCUT2D eigenvalue weighted by Gasteiger charge is 2.20. The number of amides is 2. The van der Waals surface area contributed by atoms with Gasteiger partial charge >= 0.3 is 0 Å². The van der Waals surface area contributed by atoms with Crippen LogP contribution < -0.4 is 0 Å². The molecule has 1 aliphatic heterocycles. The van der Waals surface area contributed by atoms with Crippen LogP contribution in [-0.4, -0.2) is 58.4 Å². The first kappa shape index (κ1) is 22.0. The zero-order valence-corrected chi connectivity index (χ0v) is 18.7. The Labute approximate surface area is 192 Å². The second-order valence-electron chi connectivity index (χ2n) is 7.96. The Bertz CT molecular complexity index is 1070. The van der Waals surface area contributed by atoms with Gasteiger partial charge in [0.2, 0.25) is 5.91 Å². The van der Waals surface area contributed by atoms with E-state index >= 15 is 0 Å². The fourth-order valence-corrected chi connectivity index (χ4v) is 3.76. The Morgan fingerprint density at radius 1 is 1.06 bits per heavy atom. The number of likely N-dealkylation sites (tertiary alicyclic amines) is 1. The summed E-state index contributed by atoms with van der Waals surface area (Å²) in [4.78, 5) is 32.9. The maximum atomic E-state index is 12.5. The van der Waals surface area contributed by atoms with Crippen molar-refractivity contribution >= 4 is 23.4 Å². The van der Waals surface area contributed by atoms with E-state index in [1.807, 2.05) is 29.2 Å². The molecule has 1 saturated heterocycles. The van der Waals surface area contributed by atoms with Crippen LogP contribution in [-0.2, 0) is 17.6 Å². The van der Waals surface area contributed by atoms with Gasteiger partial charge in [-0.05, 0) is 54.8 Å². The van der Waals surface area contributed by atoms with E-state index in [0.29, 0.717) is 41.7 Å². The molecule has 3 aromatic rings. The number of hydrogen-bond donors (Lipinski definition) is 0. The SMILES string of the molecule is CN(CCc1noc(-c2ccc(C(=O)N3CCCC3)cc2)n1)C(=O)Cc1ccc(Cl)cc1. The van der Waals surface area contributed by atoms with E-state index in [1.165, 1.54) is 0 Å². The predicted molar refractivity (Wildman–Crippen MR) is 121 cm³/mol. The van der Waals surface area contributed by atoms with Crippen molar-refractivity contribution in [3.8, 4) is 11.5 Å². The molecular weight excluding hydrogens is 428 g/mol. The van der Waals surface area contributed by atoms with Gasteiger partial charge in [0.25, 0.3) is 11.8 Å². The summed E-state index contributed by atoms with van der Waals surface area (Å²) in [6, 6.07) is 14.5. The molecule has 0 spiro atoms. The third-order valence-electron chi connectivity index (χ3n) is 5.61. The number of carbonyl (C=O) groups excluding carboxylic acids is 2. The van der Waals surface area contributed by atoms with Gasteiger partial charge < -0.3 is 14.3 Å². The van der Waals surface area contributed by atoms with Gasteiger partial charge in [0.15, 0.2) is 5.82 Å². The smallest absolute Gasteiger partial charge is 0.257 e. The minimum Gasteiger partial charge on any atom is -0.345 e. The fourth-order valence-electron chi connectivity index (χ4n) is 3.64. The van der Waals surface area contributed by atoms with Gasteiger partial charge in [-0.15, -0.1) is 0 Å². The molecule has 0 bridgehead atoms. The third-order valence-corrected chi connectivity index (χ3v) is 5.86. The van der Waals surface area contributed by atoms with Crippen LogP contribution in [0.1, 0.15) is 34.6 Å². The van der Waals surface area contributed by atoms with Gasteiger partial charge in [0.1, 0.15) is 0 Å². The van der Waals surface area contributed by atoms with E-state index < -0.39 is 0 Å². The Hall–Kier alpha value is -3.19. The number of likely N-dealkylation sites (N-methyl/N-ethyl adjacent to an activating group) is 1. The molecule has 0 atom stereocenters. The van der Waals surface area contributed by atoms with Crippen LogP contribution in [0.3, 0.4) is 0 Å². The molecule has 1 aromatic heterocycles. The van der Waals surface area contributed by atoms with Crippen LogP contribution in [0, 0.1) is 0 Å². The number of rotatable bonds is 7. The monoisotopic (exact) mass is 452 g/mol. The molecule has 166 valence electrons. The molecule has 8 heteroatoms. The first-order valence-corrected chi connectivity index (χ1v) is 11.1. The number of nitrogens with zero attached hydrogens (tertiary/aromatic N) is 4. The van der Waals surface area contributed by atoms with Crippen LogP contribution in [0.25, 0.3) is 11.5 Å². The van der Waals surface area contributed by atoms with E-state index in [4.69, 9.17) is 16.1 Å². The van der Waals surface area contributed by atoms with Crippen LogP contribution in [0.4, 0.5) is 0 Å². The van der Waals surface area contributed by atoms with Gasteiger partial charge in [0, 0.05) is 49.3 Å². The third kappa shape index (κ3) is 5.34. The second kappa shape index (κ2) is 9.96. The summed E-state index contributed by atoms with van der Waals surface area (Å²) in [5.41, 5.74) is 2.34. The van der Waals surface area contributed by atoms with Crippen LogP contribution in [0.2, 0.25) is 5.02 Å². The summed E-state index contributed by atoms with van der Waals surface area (Å²) < 4.78 is 5.38. The van der Waals surface area contributed by atoms with E-state index in [1.54, 1.807) is 36.2 Å².